The molecule has 0 aliphatic carbocycles. The number of alkyl halides is 3. The van der Waals surface area contributed by atoms with Crippen molar-refractivity contribution in [2.45, 2.75) is 31.5 Å². The van der Waals surface area contributed by atoms with Crippen LogP contribution in [0.4, 0.5) is 13.2 Å². The Hall–Kier alpha value is -1.88. The van der Waals surface area contributed by atoms with E-state index in [9.17, 15) is 13.2 Å². The highest BCUT2D eigenvalue weighted by Crippen LogP contribution is 2.29. The van der Waals surface area contributed by atoms with Crippen molar-refractivity contribution in [3.63, 3.8) is 0 Å². The Morgan fingerprint density at radius 3 is 2.57 bits per heavy atom. The Morgan fingerprint density at radius 2 is 1.90 bits per heavy atom. The predicted molar refractivity (Wildman–Crippen MR) is 75.7 cm³/mol. The number of aromatic nitrogens is 1. The number of benzene rings is 1. The van der Waals surface area contributed by atoms with Gasteiger partial charge >= 0.3 is 6.18 Å². The molecule has 2 aromatic rings. The van der Waals surface area contributed by atoms with Gasteiger partial charge in [-0.15, -0.1) is 0 Å². The minimum Gasteiger partial charge on any atom is -0.327 e. The fourth-order valence-electron chi connectivity index (χ4n) is 2.16. The average Bonchev–Trinajstić information content (AvgIpc) is 2.46. The van der Waals surface area contributed by atoms with Crippen LogP contribution >= 0.6 is 0 Å². The number of hydrogen-bond acceptors (Lipinski definition) is 2. The van der Waals surface area contributed by atoms with Crippen LogP contribution in [-0.4, -0.2) is 11.0 Å². The fraction of sp³-hybridized carbons (Fsp3) is 0.312. The molecule has 2 N–H and O–H groups in total. The lowest BCUT2D eigenvalue weighted by Crippen LogP contribution is -2.23. The molecule has 0 spiro atoms. The lowest BCUT2D eigenvalue weighted by molar-refractivity contribution is -0.137. The van der Waals surface area contributed by atoms with Gasteiger partial charge in [0.15, 0.2) is 0 Å². The van der Waals surface area contributed by atoms with Gasteiger partial charge in [-0.3, -0.25) is 4.98 Å². The summed E-state index contributed by atoms with van der Waals surface area (Å²) in [7, 11) is 0. The molecule has 1 aromatic carbocycles. The van der Waals surface area contributed by atoms with Gasteiger partial charge in [0.2, 0.25) is 0 Å². The van der Waals surface area contributed by atoms with E-state index in [-0.39, 0.29) is 6.04 Å². The van der Waals surface area contributed by atoms with Crippen LogP contribution in [0.15, 0.2) is 48.7 Å². The number of aryl methyl sites for hydroxylation is 1. The van der Waals surface area contributed by atoms with E-state index in [1.807, 2.05) is 18.2 Å². The summed E-state index contributed by atoms with van der Waals surface area (Å²) in [6, 6.07) is 10.8. The van der Waals surface area contributed by atoms with Crippen molar-refractivity contribution >= 4 is 0 Å². The molecule has 1 atom stereocenters. The second kappa shape index (κ2) is 6.72. The molecule has 1 unspecified atom stereocenters. The SMILES string of the molecule is NC(CCc1ccccn1)Cc1cccc(C(F)(F)F)c1. The highest BCUT2D eigenvalue weighted by atomic mass is 19.4. The summed E-state index contributed by atoms with van der Waals surface area (Å²) in [5.74, 6) is 0. The number of hydrogen-bond donors (Lipinski definition) is 1. The van der Waals surface area contributed by atoms with Gasteiger partial charge in [-0.25, -0.2) is 0 Å². The molecule has 2 rings (SSSR count). The highest BCUT2D eigenvalue weighted by Gasteiger charge is 2.30. The maximum absolute atomic E-state index is 12.6. The molecule has 0 saturated carbocycles. The van der Waals surface area contributed by atoms with Crippen LogP contribution in [0.25, 0.3) is 0 Å². The van der Waals surface area contributed by atoms with Crippen molar-refractivity contribution in [1.82, 2.24) is 4.98 Å². The minimum atomic E-state index is -4.31. The summed E-state index contributed by atoms with van der Waals surface area (Å²) in [4.78, 5) is 4.20. The van der Waals surface area contributed by atoms with Crippen LogP contribution in [0.2, 0.25) is 0 Å². The Bertz CT molecular complexity index is 567. The number of halogens is 3. The molecule has 0 radical (unpaired) electrons. The molecule has 0 amide bonds. The largest absolute Gasteiger partial charge is 0.416 e. The van der Waals surface area contributed by atoms with Gasteiger partial charge in [-0.05, 0) is 43.0 Å². The smallest absolute Gasteiger partial charge is 0.327 e. The zero-order valence-corrected chi connectivity index (χ0v) is 11.5. The van der Waals surface area contributed by atoms with Crippen LogP contribution < -0.4 is 5.73 Å². The summed E-state index contributed by atoms with van der Waals surface area (Å²) in [6.45, 7) is 0. The van der Waals surface area contributed by atoms with E-state index in [1.165, 1.54) is 12.1 Å². The lowest BCUT2D eigenvalue weighted by Gasteiger charge is -2.13. The summed E-state index contributed by atoms with van der Waals surface area (Å²) in [6.07, 6.45) is -0.757. The standard InChI is InChI=1S/C16H17F3N2/c17-16(18,19)13-5-3-4-12(10-13)11-14(20)7-8-15-6-1-2-9-21-15/h1-6,9-10,14H,7-8,11,20H2. The van der Waals surface area contributed by atoms with E-state index in [0.29, 0.717) is 18.4 Å². The minimum absolute atomic E-state index is 0.185. The highest BCUT2D eigenvalue weighted by molar-refractivity contribution is 5.26. The molecule has 21 heavy (non-hydrogen) atoms. The molecule has 112 valence electrons. The van der Waals surface area contributed by atoms with Gasteiger partial charge in [-0.2, -0.15) is 13.2 Å². The van der Waals surface area contributed by atoms with Crippen LogP contribution in [0.5, 0.6) is 0 Å². The predicted octanol–water partition coefficient (Wildman–Crippen LogP) is 3.60. The first kappa shape index (κ1) is 15.5. The summed E-state index contributed by atoms with van der Waals surface area (Å²) in [5.41, 5.74) is 6.93. The number of rotatable bonds is 5. The second-order valence-corrected chi connectivity index (χ2v) is 5.02. The molecule has 0 aliphatic rings. The number of nitrogens with zero attached hydrogens (tertiary/aromatic N) is 1. The maximum atomic E-state index is 12.6. The lowest BCUT2D eigenvalue weighted by atomic mass is 10.00. The van der Waals surface area contributed by atoms with Gasteiger partial charge in [0.1, 0.15) is 0 Å². The zero-order valence-electron chi connectivity index (χ0n) is 11.5. The third-order valence-electron chi connectivity index (χ3n) is 3.25. The molecule has 0 aliphatic heterocycles. The van der Waals surface area contributed by atoms with E-state index in [4.69, 9.17) is 5.73 Å². The van der Waals surface area contributed by atoms with Gasteiger partial charge in [0.25, 0.3) is 0 Å². The topological polar surface area (TPSA) is 38.9 Å². The number of pyridine rings is 1. The van der Waals surface area contributed by atoms with Crippen molar-refractivity contribution in [2.75, 3.05) is 0 Å². The summed E-state index contributed by atoms with van der Waals surface area (Å²) < 4.78 is 37.9. The molecule has 0 saturated heterocycles. The molecule has 0 fully saturated rings. The van der Waals surface area contributed by atoms with Crippen molar-refractivity contribution < 1.29 is 13.2 Å². The van der Waals surface area contributed by atoms with Crippen molar-refractivity contribution in [1.29, 1.82) is 0 Å². The first-order valence-corrected chi connectivity index (χ1v) is 6.77. The van der Waals surface area contributed by atoms with E-state index in [2.05, 4.69) is 4.98 Å². The van der Waals surface area contributed by atoms with Gasteiger partial charge in [0.05, 0.1) is 5.56 Å². The Kier molecular flexibility index (Phi) is 4.96. The second-order valence-electron chi connectivity index (χ2n) is 5.02. The molecular formula is C16H17F3N2. The quantitative estimate of drug-likeness (QED) is 0.915. The monoisotopic (exact) mass is 294 g/mol. The van der Waals surface area contributed by atoms with Crippen LogP contribution in [-0.2, 0) is 19.0 Å². The molecule has 5 heteroatoms. The Morgan fingerprint density at radius 1 is 1.10 bits per heavy atom. The molecule has 1 aromatic heterocycles. The van der Waals surface area contributed by atoms with Gasteiger partial charge in [0, 0.05) is 17.9 Å². The van der Waals surface area contributed by atoms with Gasteiger partial charge < -0.3 is 5.73 Å². The number of nitrogens with two attached hydrogens (primary N) is 1. The van der Waals surface area contributed by atoms with Gasteiger partial charge in [-0.1, -0.05) is 24.3 Å². The van der Waals surface area contributed by atoms with E-state index in [1.54, 1.807) is 12.3 Å². The third kappa shape index (κ3) is 4.86. The van der Waals surface area contributed by atoms with Crippen LogP contribution in [0.3, 0.4) is 0 Å². The van der Waals surface area contributed by atoms with E-state index in [0.717, 1.165) is 18.2 Å². The van der Waals surface area contributed by atoms with E-state index < -0.39 is 11.7 Å². The molecule has 1 heterocycles. The Balaban J connectivity index is 1.92. The first-order chi connectivity index (χ1) is 9.95. The average molecular weight is 294 g/mol. The summed E-state index contributed by atoms with van der Waals surface area (Å²) >= 11 is 0. The van der Waals surface area contributed by atoms with Crippen molar-refractivity contribution in [3.8, 4) is 0 Å². The molecular weight excluding hydrogens is 277 g/mol. The summed E-state index contributed by atoms with van der Waals surface area (Å²) in [5, 5.41) is 0. The van der Waals surface area contributed by atoms with Crippen LogP contribution in [0, 0.1) is 0 Å². The zero-order chi connectivity index (χ0) is 15.3. The van der Waals surface area contributed by atoms with E-state index >= 15 is 0 Å². The first-order valence-electron chi connectivity index (χ1n) is 6.77. The fourth-order valence-corrected chi connectivity index (χ4v) is 2.16. The van der Waals surface area contributed by atoms with Crippen molar-refractivity contribution in [3.05, 3.63) is 65.5 Å². The maximum Gasteiger partial charge on any atom is 0.416 e. The normalized spacial score (nSPS) is 13.1. The molecule has 2 nitrogen and oxygen atoms in total. The van der Waals surface area contributed by atoms with Crippen LogP contribution in [0.1, 0.15) is 23.2 Å². The molecule has 0 bridgehead atoms. The van der Waals surface area contributed by atoms with Crippen molar-refractivity contribution in [2.24, 2.45) is 5.73 Å². The Labute approximate surface area is 121 Å². The third-order valence-corrected chi connectivity index (χ3v) is 3.25.